The lowest BCUT2D eigenvalue weighted by atomic mass is 9.79. The first-order valence-electron chi connectivity index (χ1n) is 6.54. The molecule has 0 radical (unpaired) electrons. The lowest BCUT2D eigenvalue weighted by Gasteiger charge is -2.06. The summed E-state index contributed by atoms with van der Waals surface area (Å²) in [5, 5.41) is 18.3. The Balaban J connectivity index is 3.05. The molecule has 2 N–H and O–H groups in total. The van der Waals surface area contributed by atoms with Gasteiger partial charge in [-0.25, -0.2) is 0 Å². The lowest BCUT2D eigenvalue weighted by Crippen LogP contribution is -2.12. The molecule has 0 aliphatic carbocycles. The van der Waals surface area contributed by atoms with Crippen molar-refractivity contribution in [3.05, 3.63) is 66.2 Å². The van der Waals surface area contributed by atoms with E-state index in [0.29, 0.717) is 5.92 Å². The van der Waals surface area contributed by atoms with Gasteiger partial charge in [0.05, 0.1) is 0 Å². The molecular formula is C16H21BO2. The quantitative estimate of drug-likeness (QED) is 0.606. The molecule has 100 valence electrons. The molecule has 19 heavy (non-hydrogen) atoms. The smallest absolute Gasteiger partial charge is 0.423 e. The third-order valence-corrected chi connectivity index (χ3v) is 3.03. The fraction of sp³-hybridized carbons (Fsp3) is 0.250. The number of hydrogen-bond donors (Lipinski definition) is 2. The Bertz CT molecular complexity index is 461. The topological polar surface area (TPSA) is 40.5 Å². The molecule has 0 fully saturated rings. The molecule has 0 spiro atoms. The molecule has 1 rings (SSSR count). The summed E-state index contributed by atoms with van der Waals surface area (Å²) in [6.07, 6.45) is 6.91. The zero-order valence-corrected chi connectivity index (χ0v) is 11.6. The van der Waals surface area contributed by atoms with E-state index in [1.807, 2.05) is 36.4 Å². The SMILES string of the molecule is C=C(/C=C(\C=C/C(C)CC)c1ccccc1)B(O)O. The average Bonchev–Trinajstić information content (AvgIpc) is 2.43. The van der Waals surface area contributed by atoms with Crippen molar-refractivity contribution in [1.29, 1.82) is 0 Å². The van der Waals surface area contributed by atoms with Gasteiger partial charge in [-0.2, -0.15) is 0 Å². The second-order valence-corrected chi connectivity index (χ2v) is 4.66. The molecule has 3 heteroatoms. The highest BCUT2D eigenvalue weighted by Crippen LogP contribution is 2.19. The summed E-state index contributed by atoms with van der Waals surface area (Å²) in [6, 6.07) is 9.85. The Kier molecular flexibility index (Phi) is 6.33. The lowest BCUT2D eigenvalue weighted by molar-refractivity contribution is 0.421. The summed E-state index contributed by atoms with van der Waals surface area (Å²) in [4.78, 5) is 0. The van der Waals surface area contributed by atoms with Gasteiger partial charge in [-0.3, -0.25) is 0 Å². The molecular weight excluding hydrogens is 235 g/mol. The number of rotatable bonds is 6. The Morgan fingerprint density at radius 3 is 2.47 bits per heavy atom. The zero-order chi connectivity index (χ0) is 14.3. The van der Waals surface area contributed by atoms with Crippen LogP contribution in [0.2, 0.25) is 0 Å². The highest BCUT2D eigenvalue weighted by Gasteiger charge is 2.10. The molecule has 2 nitrogen and oxygen atoms in total. The minimum absolute atomic E-state index is 0.285. The van der Waals surface area contributed by atoms with Crippen LogP contribution in [0.25, 0.3) is 5.57 Å². The molecule has 1 aromatic carbocycles. The van der Waals surface area contributed by atoms with Gasteiger partial charge < -0.3 is 10.0 Å². The Hall–Kier alpha value is -1.58. The van der Waals surface area contributed by atoms with E-state index in [2.05, 4.69) is 26.5 Å². The van der Waals surface area contributed by atoms with Crippen LogP contribution in [0.3, 0.4) is 0 Å². The molecule has 0 aliphatic rings. The second kappa shape index (κ2) is 7.77. The molecule has 1 aromatic rings. The van der Waals surface area contributed by atoms with Gasteiger partial charge in [0.2, 0.25) is 0 Å². The zero-order valence-electron chi connectivity index (χ0n) is 11.6. The molecule has 1 atom stereocenters. The maximum absolute atomic E-state index is 9.13. The van der Waals surface area contributed by atoms with E-state index >= 15 is 0 Å². The molecule has 1 unspecified atom stereocenters. The van der Waals surface area contributed by atoms with Crippen molar-refractivity contribution >= 4 is 12.7 Å². The van der Waals surface area contributed by atoms with E-state index < -0.39 is 7.12 Å². The second-order valence-electron chi connectivity index (χ2n) is 4.66. The molecule has 0 saturated carbocycles. The number of benzene rings is 1. The summed E-state index contributed by atoms with van der Waals surface area (Å²) >= 11 is 0. The third-order valence-electron chi connectivity index (χ3n) is 3.03. The van der Waals surface area contributed by atoms with Gasteiger partial charge in [0, 0.05) is 0 Å². The van der Waals surface area contributed by atoms with E-state index in [-0.39, 0.29) is 5.47 Å². The van der Waals surface area contributed by atoms with E-state index in [1.165, 1.54) is 0 Å². The summed E-state index contributed by atoms with van der Waals surface area (Å²) in [5.41, 5.74) is 2.25. The van der Waals surface area contributed by atoms with Gasteiger partial charge in [-0.1, -0.05) is 75.4 Å². The average molecular weight is 256 g/mol. The molecule has 0 aliphatic heterocycles. The van der Waals surface area contributed by atoms with Crippen molar-refractivity contribution in [3.8, 4) is 0 Å². The minimum Gasteiger partial charge on any atom is -0.423 e. The number of allylic oxidation sites excluding steroid dienone is 5. The predicted molar refractivity (Wildman–Crippen MR) is 82.3 cm³/mol. The highest BCUT2D eigenvalue weighted by molar-refractivity contribution is 6.51. The standard InChI is InChI=1S/C16H21BO2/c1-4-13(2)10-11-16(12-14(3)17(18)19)15-8-6-5-7-9-15/h5-13,18-19H,3-4H2,1-2H3/b11-10-,16-12+. The van der Waals surface area contributed by atoms with Crippen molar-refractivity contribution in [2.24, 2.45) is 5.92 Å². The maximum Gasteiger partial charge on any atom is 0.487 e. The predicted octanol–water partition coefficient (Wildman–Crippen LogP) is 3.24. The van der Waals surface area contributed by atoms with Crippen molar-refractivity contribution < 1.29 is 10.0 Å². The summed E-state index contributed by atoms with van der Waals surface area (Å²) in [6.45, 7) is 7.94. The van der Waals surface area contributed by atoms with Crippen LogP contribution in [0.4, 0.5) is 0 Å². The van der Waals surface area contributed by atoms with E-state index in [1.54, 1.807) is 6.08 Å². The summed E-state index contributed by atoms with van der Waals surface area (Å²) in [7, 11) is -1.52. The van der Waals surface area contributed by atoms with Gasteiger partial charge in [-0.15, -0.1) is 0 Å². The van der Waals surface area contributed by atoms with Crippen molar-refractivity contribution in [3.63, 3.8) is 0 Å². The highest BCUT2D eigenvalue weighted by atomic mass is 16.4. The van der Waals surface area contributed by atoms with Gasteiger partial charge >= 0.3 is 7.12 Å². The normalized spacial score (nSPS) is 13.6. The Morgan fingerprint density at radius 1 is 1.32 bits per heavy atom. The number of hydrogen-bond acceptors (Lipinski definition) is 2. The van der Waals surface area contributed by atoms with Gasteiger partial charge in [-0.05, 0) is 22.5 Å². The van der Waals surface area contributed by atoms with Crippen LogP contribution in [0.1, 0.15) is 25.8 Å². The van der Waals surface area contributed by atoms with Crippen LogP contribution in [0.15, 0.2) is 60.6 Å². The minimum atomic E-state index is -1.52. The first kappa shape index (κ1) is 15.5. The van der Waals surface area contributed by atoms with Gasteiger partial charge in [0.1, 0.15) is 0 Å². The van der Waals surface area contributed by atoms with E-state index in [4.69, 9.17) is 10.0 Å². The Morgan fingerprint density at radius 2 is 1.95 bits per heavy atom. The molecule has 0 aromatic heterocycles. The summed E-state index contributed by atoms with van der Waals surface area (Å²) < 4.78 is 0. The van der Waals surface area contributed by atoms with E-state index in [0.717, 1.165) is 17.6 Å². The van der Waals surface area contributed by atoms with E-state index in [9.17, 15) is 0 Å². The Labute approximate surface area is 115 Å². The largest absolute Gasteiger partial charge is 0.487 e. The fourth-order valence-electron chi connectivity index (χ4n) is 1.54. The molecule has 0 saturated heterocycles. The van der Waals surface area contributed by atoms with Crippen LogP contribution in [-0.4, -0.2) is 17.2 Å². The maximum atomic E-state index is 9.13. The first-order valence-corrected chi connectivity index (χ1v) is 6.54. The van der Waals surface area contributed by atoms with Gasteiger partial charge in [0.15, 0.2) is 0 Å². The first-order chi connectivity index (χ1) is 9.04. The molecule has 0 amide bonds. The third kappa shape index (κ3) is 5.29. The van der Waals surface area contributed by atoms with Crippen LogP contribution >= 0.6 is 0 Å². The fourth-order valence-corrected chi connectivity index (χ4v) is 1.54. The van der Waals surface area contributed by atoms with Crippen LogP contribution < -0.4 is 0 Å². The van der Waals surface area contributed by atoms with Crippen LogP contribution in [-0.2, 0) is 0 Å². The van der Waals surface area contributed by atoms with Crippen molar-refractivity contribution in [1.82, 2.24) is 0 Å². The van der Waals surface area contributed by atoms with Crippen molar-refractivity contribution in [2.45, 2.75) is 20.3 Å². The monoisotopic (exact) mass is 256 g/mol. The molecule has 0 heterocycles. The van der Waals surface area contributed by atoms with Gasteiger partial charge in [0.25, 0.3) is 0 Å². The van der Waals surface area contributed by atoms with Crippen LogP contribution in [0.5, 0.6) is 0 Å². The molecule has 0 bridgehead atoms. The van der Waals surface area contributed by atoms with Crippen molar-refractivity contribution in [2.75, 3.05) is 0 Å². The van der Waals surface area contributed by atoms with Crippen LogP contribution in [0, 0.1) is 5.92 Å². The summed E-state index contributed by atoms with van der Waals surface area (Å²) in [5.74, 6) is 0.486.